The van der Waals surface area contributed by atoms with Gasteiger partial charge in [-0.3, -0.25) is 0 Å². The maximum Gasteiger partial charge on any atom is 0.122 e. The molecular formula is C9H16N2OS. The number of aliphatic hydroxyl groups is 1. The van der Waals surface area contributed by atoms with Gasteiger partial charge in [-0.2, -0.15) is 0 Å². The van der Waals surface area contributed by atoms with E-state index in [2.05, 4.69) is 4.98 Å². The lowest BCUT2D eigenvalue weighted by molar-refractivity contribution is 0.0552. The topological polar surface area (TPSA) is 59.1 Å². The van der Waals surface area contributed by atoms with Gasteiger partial charge in [0.05, 0.1) is 0 Å². The van der Waals surface area contributed by atoms with Crippen molar-refractivity contribution in [1.82, 2.24) is 4.98 Å². The molecule has 0 fully saturated rings. The van der Waals surface area contributed by atoms with Gasteiger partial charge in [0.25, 0.3) is 0 Å². The van der Waals surface area contributed by atoms with Crippen LogP contribution in [0.15, 0.2) is 5.38 Å². The molecule has 1 heterocycles. The van der Waals surface area contributed by atoms with Crippen molar-refractivity contribution in [3.63, 3.8) is 0 Å². The van der Waals surface area contributed by atoms with Crippen LogP contribution in [0.5, 0.6) is 0 Å². The number of nitrogens with zero attached hydrogens (tertiary/aromatic N) is 1. The Balaban J connectivity index is 2.84. The van der Waals surface area contributed by atoms with Crippen molar-refractivity contribution >= 4 is 11.3 Å². The van der Waals surface area contributed by atoms with Gasteiger partial charge >= 0.3 is 0 Å². The van der Waals surface area contributed by atoms with E-state index in [0.717, 1.165) is 10.7 Å². The summed E-state index contributed by atoms with van der Waals surface area (Å²) in [6.07, 6.45) is -0.559. The smallest absolute Gasteiger partial charge is 0.122 e. The summed E-state index contributed by atoms with van der Waals surface area (Å²) in [6.45, 7) is 6.25. The minimum absolute atomic E-state index is 0.301. The molecule has 74 valence electrons. The molecule has 1 aromatic rings. The molecule has 1 aromatic heterocycles. The highest BCUT2D eigenvalue weighted by molar-refractivity contribution is 7.09. The van der Waals surface area contributed by atoms with E-state index in [9.17, 15) is 5.11 Å². The molecule has 1 atom stereocenters. The van der Waals surface area contributed by atoms with Crippen LogP contribution in [0.25, 0.3) is 0 Å². The molecule has 1 unspecified atom stereocenters. The molecule has 4 heteroatoms. The van der Waals surface area contributed by atoms with Crippen LogP contribution in [0, 0.1) is 12.3 Å². The SMILES string of the molecule is Cc1csc(C(O)C(C)(C)CN)n1. The third-order valence-electron chi connectivity index (χ3n) is 2.14. The molecule has 0 aliphatic carbocycles. The second kappa shape index (κ2) is 3.74. The fourth-order valence-corrected chi connectivity index (χ4v) is 1.93. The van der Waals surface area contributed by atoms with E-state index < -0.39 is 6.10 Å². The second-order valence-corrected chi connectivity index (χ2v) is 4.81. The van der Waals surface area contributed by atoms with Crippen LogP contribution in [-0.2, 0) is 0 Å². The third-order valence-corrected chi connectivity index (χ3v) is 3.15. The van der Waals surface area contributed by atoms with Gasteiger partial charge in [0.2, 0.25) is 0 Å². The summed E-state index contributed by atoms with van der Waals surface area (Å²) in [5.41, 5.74) is 6.22. The zero-order chi connectivity index (χ0) is 10.1. The van der Waals surface area contributed by atoms with Crippen LogP contribution in [-0.4, -0.2) is 16.6 Å². The van der Waals surface area contributed by atoms with Gasteiger partial charge in [-0.15, -0.1) is 11.3 Å². The summed E-state index contributed by atoms with van der Waals surface area (Å²) in [4.78, 5) is 4.24. The van der Waals surface area contributed by atoms with E-state index in [0.29, 0.717) is 6.54 Å². The minimum Gasteiger partial charge on any atom is -0.385 e. The molecule has 0 aliphatic rings. The fraction of sp³-hybridized carbons (Fsp3) is 0.667. The summed E-state index contributed by atoms with van der Waals surface area (Å²) in [5.74, 6) is 0. The Morgan fingerprint density at radius 1 is 1.69 bits per heavy atom. The van der Waals surface area contributed by atoms with Crippen molar-refractivity contribution in [2.45, 2.75) is 26.9 Å². The van der Waals surface area contributed by atoms with Gasteiger partial charge in [0, 0.05) is 23.0 Å². The first kappa shape index (κ1) is 10.6. The normalized spacial score (nSPS) is 14.5. The van der Waals surface area contributed by atoms with E-state index >= 15 is 0 Å². The van der Waals surface area contributed by atoms with Crippen molar-refractivity contribution in [3.8, 4) is 0 Å². The van der Waals surface area contributed by atoms with Crippen molar-refractivity contribution in [2.24, 2.45) is 11.1 Å². The molecule has 0 aliphatic heterocycles. The van der Waals surface area contributed by atoms with Gasteiger partial charge in [-0.1, -0.05) is 13.8 Å². The molecule has 0 amide bonds. The number of aromatic nitrogens is 1. The Morgan fingerprint density at radius 3 is 2.69 bits per heavy atom. The number of aryl methyl sites for hydroxylation is 1. The summed E-state index contributed by atoms with van der Waals surface area (Å²) >= 11 is 1.48. The molecule has 1 rings (SSSR count). The lowest BCUT2D eigenvalue weighted by Crippen LogP contribution is -2.30. The van der Waals surface area contributed by atoms with Crippen LogP contribution >= 0.6 is 11.3 Å². The van der Waals surface area contributed by atoms with Crippen LogP contribution in [0.2, 0.25) is 0 Å². The zero-order valence-corrected chi connectivity index (χ0v) is 9.06. The predicted molar refractivity (Wildman–Crippen MR) is 54.6 cm³/mol. The highest BCUT2D eigenvalue weighted by Gasteiger charge is 2.29. The first-order valence-electron chi connectivity index (χ1n) is 4.27. The average Bonchev–Trinajstić information content (AvgIpc) is 2.50. The third kappa shape index (κ3) is 2.27. The lowest BCUT2D eigenvalue weighted by atomic mass is 9.87. The fourth-order valence-electron chi connectivity index (χ4n) is 0.944. The zero-order valence-electron chi connectivity index (χ0n) is 8.24. The standard InChI is InChI=1S/C9H16N2OS/c1-6-4-13-8(11-6)7(12)9(2,3)5-10/h4,7,12H,5,10H2,1-3H3. The first-order chi connectivity index (χ1) is 5.97. The van der Waals surface area contributed by atoms with Crippen LogP contribution in [0.1, 0.15) is 30.7 Å². The molecular weight excluding hydrogens is 184 g/mol. The summed E-state index contributed by atoms with van der Waals surface area (Å²) < 4.78 is 0. The molecule has 0 aromatic carbocycles. The quantitative estimate of drug-likeness (QED) is 0.776. The Morgan fingerprint density at radius 2 is 2.31 bits per heavy atom. The number of rotatable bonds is 3. The molecule has 0 bridgehead atoms. The van der Waals surface area contributed by atoms with Crippen molar-refractivity contribution in [2.75, 3.05) is 6.54 Å². The van der Waals surface area contributed by atoms with E-state index in [1.807, 2.05) is 26.2 Å². The minimum atomic E-state index is -0.559. The monoisotopic (exact) mass is 200 g/mol. The molecule has 0 spiro atoms. The van der Waals surface area contributed by atoms with Gasteiger partial charge < -0.3 is 10.8 Å². The van der Waals surface area contributed by atoms with Crippen molar-refractivity contribution in [3.05, 3.63) is 16.1 Å². The molecule has 0 saturated heterocycles. The van der Waals surface area contributed by atoms with E-state index in [1.54, 1.807) is 0 Å². The molecule has 0 saturated carbocycles. The Bertz CT molecular complexity index is 283. The van der Waals surface area contributed by atoms with Crippen molar-refractivity contribution in [1.29, 1.82) is 0 Å². The summed E-state index contributed by atoms with van der Waals surface area (Å²) in [5, 5.41) is 12.6. The maximum absolute atomic E-state index is 9.93. The Labute approximate surface area is 82.6 Å². The molecule has 3 N–H and O–H groups in total. The largest absolute Gasteiger partial charge is 0.385 e. The summed E-state index contributed by atoms with van der Waals surface area (Å²) in [6, 6.07) is 0. The molecule has 3 nitrogen and oxygen atoms in total. The first-order valence-corrected chi connectivity index (χ1v) is 5.15. The van der Waals surface area contributed by atoms with Gasteiger partial charge in [0.1, 0.15) is 11.1 Å². The molecule has 13 heavy (non-hydrogen) atoms. The second-order valence-electron chi connectivity index (χ2n) is 3.92. The van der Waals surface area contributed by atoms with Gasteiger partial charge in [0.15, 0.2) is 0 Å². The summed E-state index contributed by atoms with van der Waals surface area (Å²) in [7, 11) is 0. The van der Waals surface area contributed by atoms with Crippen LogP contribution in [0.4, 0.5) is 0 Å². The van der Waals surface area contributed by atoms with Gasteiger partial charge in [-0.25, -0.2) is 4.98 Å². The van der Waals surface area contributed by atoms with E-state index in [4.69, 9.17) is 5.73 Å². The Hall–Kier alpha value is -0.450. The number of hydrogen-bond donors (Lipinski definition) is 2. The number of aliphatic hydroxyl groups excluding tert-OH is 1. The lowest BCUT2D eigenvalue weighted by Gasteiger charge is -2.27. The number of thiazole rings is 1. The van der Waals surface area contributed by atoms with E-state index in [1.165, 1.54) is 11.3 Å². The van der Waals surface area contributed by atoms with Gasteiger partial charge in [-0.05, 0) is 6.92 Å². The van der Waals surface area contributed by atoms with Crippen molar-refractivity contribution < 1.29 is 5.11 Å². The van der Waals surface area contributed by atoms with Crippen LogP contribution in [0.3, 0.4) is 0 Å². The predicted octanol–water partition coefficient (Wildman–Crippen LogP) is 1.47. The Kier molecular flexibility index (Phi) is 3.05. The number of hydrogen-bond acceptors (Lipinski definition) is 4. The highest BCUT2D eigenvalue weighted by atomic mass is 32.1. The van der Waals surface area contributed by atoms with Crippen LogP contribution < -0.4 is 5.73 Å². The van der Waals surface area contributed by atoms with E-state index in [-0.39, 0.29) is 5.41 Å². The molecule has 0 radical (unpaired) electrons. The highest BCUT2D eigenvalue weighted by Crippen LogP contribution is 2.33. The number of nitrogens with two attached hydrogens (primary N) is 1. The average molecular weight is 200 g/mol. The maximum atomic E-state index is 9.93.